The third-order valence-electron chi connectivity index (χ3n) is 4.21. The minimum absolute atomic E-state index is 0.0459. The standard InChI is InChI=1S/C16H21N3O4/c20-14(9-17-16(22)13-4-2-8-23-13)19-7-1-3-11(10-19)15(21)18-12-5-6-12/h2,4,8,11-12H,1,3,5-7,9-10H2,(H,17,22)(H,18,21). The third kappa shape index (κ3) is 4.12. The van der Waals surface area contributed by atoms with Gasteiger partial charge in [-0.3, -0.25) is 14.4 Å². The molecule has 2 N–H and O–H groups in total. The summed E-state index contributed by atoms with van der Waals surface area (Å²) >= 11 is 0. The van der Waals surface area contributed by atoms with E-state index >= 15 is 0 Å². The van der Waals surface area contributed by atoms with Gasteiger partial charge in [-0.2, -0.15) is 0 Å². The highest BCUT2D eigenvalue weighted by Crippen LogP contribution is 2.22. The molecule has 1 aliphatic heterocycles. The van der Waals surface area contributed by atoms with Crippen LogP contribution in [-0.4, -0.2) is 48.3 Å². The Hall–Kier alpha value is -2.31. The topological polar surface area (TPSA) is 91.7 Å². The Bertz CT molecular complexity index is 580. The summed E-state index contributed by atoms with van der Waals surface area (Å²) in [6, 6.07) is 3.49. The summed E-state index contributed by atoms with van der Waals surface area (Å²) in [6.45, 7) is 0.965. The van der Waals surface area contributed by atoms with Crippen molar-refractivity contribution in [1.29, 1.82) is 0 Å². The molecule has 2 heterocycles. The van der Waals surface area contributed by atoms with Crippen LogP contribution in [0.25, 0.3) is 0 Å². The van der Waals surface area contributed by atoms with Gasteiger partial charge in [0.15, 0.2) is 5.76 Å². The van der Waals surface area contributed by atoms with Crippen LogP contribution in [0.2, 0.25) is 0 Å². The quantitative estimate of drug-likeness (QED) is 0.828. The van der Waals surface area contributed by atoms with Crippen LogP contribution in [0.1, 0.15) is 36.2 Å². The van der Waals surface area contributed by atoms with E-state index in [1.165, 1.54) is 6.26 Å². The summed E-state index contributed by atoms with van der Waals surface area (Å²) in [5.74, 6) is -0.506. The summed E-state index contributed by atoms with van der Waals surface area (Å²) in [5.41, 5.74) is 0. The van der Waals surface area contributed by atoms with Crippen molar-refractivity contribution < 1.29 is 18.8 Å². The molecule has 1 aromatic rings. The number of amides is 3. The van der Waals surface area contributed by atoms with Crippen LogP contribution in [0.4, 0.5) is 0 Å². The molecule has 0 aromatic carbocycles. The molecule has 1 aromatic heterocycles. The molecule has 7 nitrogen and oxygen atoms in total. The molecule has 2 fully saturated rings. The largest absolute Gasteiger partial charge is 0.459 e. The van der Waals surface area contributed by atoms with Crippen LogP contribution in [0.15, 0.2) is 22.8 Å². The van der Waals surface area contributed by atoms with Gasteiger partial charge in [0.05, 0.1) is 18.7 Å². The zero-order valence-electron chi connectivity index (χ0n) is 12.9. The SMILES string of the molecule is O=C(NCC(=O)N1CCCC(C(=O)NC2CC2)C1)c1ccco1. The maximum atomic E-state index is 12.2. The normalized spacial score (nSPS) is 20.9. The molecular weight excluding hydrogens is 298 g/mol. The van der Waals surface area contributed by atoms with Crippen molar-refractivity contribution in [3.05, 3.63) is 24.2 Å². The van der Waals surface area contributed by atoms with E-state index < -0.39 is 5.91 Å². The summed E-state index contributed by atoms with van der Waals surface area (Å²) in [7, 11) is 0. The Balaban J connectivity index is 1.46. The van der Waals surface area contributed by atoms with Crippen molar-refractivity contribution in [2.45, 2.75) is 31.7 Å². The lowest BCUT2D eigenvalue weighted by Crippen LogP contribution is -2.48. The van der Waals surface area contributed by atoms with Gasteiger partial charge in [-0.25, -0.2) is 0 Å². The molecule has 1 aliphatic carbocycles. The molecule has 3 amide bonds. The second kappa shape index (κ2) is 6.85. The summed E-state index contributed by atoms with van der Waals surface area (Å²) < 4.78 is 4.97. The zero-order chi connectivity index (χ0) is 16.2. The van der Waals surface area contributed by atoms with Gasteiger partial charge < -0.3 is 20.0 Å². The van der Waals surface area contributed by atoms with Crippen molar-refractivity contribution in [2.75, 3.05) is 19.6 Å². The van der Waals surface area contributed by atoms with Crippen molar-refractivity contribution in [3.8, 4) is 0 Å². The predicted octanol–water partition coefficient (Wildman–Crippen LogP) is 0.527. The first-order chi connectivity index (χ1) is 11.1. The van der Waals surface area contributed by atoms with Gasteiger partial charge in [0, 0.05) is 19.1 Å². The highest BCUT2D eigenvalue weighted by atomic mass is 16.3. The van der Waals surface area contributed by atoms with Crippen LogP contribution in [0, 0.1) is 5.92 Å². The Morgan fingerprint density at radius 2 is 2.09 bits per heavy atom. The van der Waals surface area contributed by atoms with Gasteiger partial charge in [-0.1, -0.05) is 0 Å². The molecule has 124 valence electrons. The van der Waals surface area contributed by atoms with E-state index in [0.29, 0.717) is 19.1 Å². The minimum Gasteiger partial charge on any atom is -0.459 e. The minimum atomic E-state index is -0.414. The van der Waals surface area contributed by atoms with E-state index in [2.05, 4.69) is 10.6 Å². The fraction of sp³-hybridized carbons (Fsp3) is 0.562. The smallest absolute Gasteiger partial charge is 0.287 e. The Morgan fingerprint density at radius 1 is 1.26 bits per heavy atom. The Kier molecular flexibility index (Phi) is 4.64. The number of likely N-dealkylation sites (tertiary alicyclic amines) is 1. The van der Waals surface area contributed by atoms with Crippen molar-refractivity contribution >= 4 is 17.7 Å². The second-order valence-corrected chi connectivity index (χ2v) is 6.12. The summed E-state index contributed by atoms with van der Waals surface area (Å²) in [4.78, 5) is 37.7. The van der Waals surface area contributed by atoms with Crippen LogP contribution in [0.5, 0.6) is 0 Å². The molecular formula is C16H21N3O4. The number of hydrogen-bond acceptors (Lipinski definition) is 4. The monoisotopic (exact) mass is 319 g/mol. The summed E-state index contributed by atoms with van der Waals surface area (Å²) in [6.07, 6.45) is 5.13. The fourth-order valence-electron chi connectivity index (χ4n) is 2.73. The lowest BCUT2D eigenvalue weighted by molar-refractivity contribution is -0.134. The number of nitrogens with one attached hydrogen (secondary N) is 2. The molecule has 0 radical (unpaired) electrons. The van der Waals surface area contributed by atoms with E-state index in [4.69, 9.17) is 4.42 Å². The Labute approximate surface area is 134 Å². The lowest BCUT2D eigenvalue weighted by Gasteiger charge is -2.32. The van der Waals surface area contributed by atoms with Gasteiger partial charge in [0.1, 0.15) is 0 Å². The zero-order valence-corrected chi connectivity index (χ0v) is 12.9. The number of furan rings is 1. The molecule has 1 atom stereocenters. The van der Waals surface area contributed by atoms with Crippen molar-refractivity contribution in [2.24, 2.45) is 5.92 Å². The molecule has 2 aliphatic rings. The number of rotatable bonds is 5. The maximum Gasteiger partial charge on any atom is 0.287 e. The van der Waals surface area contributed by atoms with Gasteiger partial charge in [0.2, 0.25) is 11.8 Å². The lowest BCUT2D eigenvalue weighted by atomic mass is 9.97. The number of carbonyl (C=O) groups is 3. The third-order valence-corrected chi connectivity index (χ3v) is 4.21. The van der Waals surface area contributed by atoms with Crippen LogP contribution >= 0.6 is 0 Å². The van der Waals surface area contributed by atoms with Crippen LogP contribution in [0.3, 0.4) is 0 Å². The molecule has 3 rings (SSSR count). The molecule has 0 spiro atoms. The van der Waals surface area contributed by atoms with Crippen molar-refractivity contribution in [1.82, 2.24) is 15.5 Å². The van der Waals surface area contributed by atoms with E-state index in [0.717, 1.165) is 25.7 Å². The number of carbonyl (C=O) groups excluding carboxylic acids is 3. The fourth-order valence-corrected chi connectivity index (χ4v) is 2.73. The number of nitrogens with zero attached hydrogens (tertiary/aromatic N) is 1. The van der Waals surface area contributed by atoms with E-state index in [1.54, 1.807) is 17.0 Å². The van der Waals surface area contributed by atoms with Gasteiger partial charge in [-0.05, 0) is 37.8 Å². The van der Waals surface area contributed by atoms with E-state index in [9.17, 15) is 14.4 Å². The van der Waals surface area contributed by atoms with Gasteiger partial charge in [0.25, 0.3) is 5.91 Å². The first-order valence-electron chi connectivity index (χ1n) is 8.03. The number of hydrogen-bond donors (Lipinski definition) is 2. The molecule has 1 saturated carbocycles. The number of piperidine rings is 1. The van der Waals surface area contributed by atoms with Crippen LogP contribution < -0.4 is 10.6 Å². The molecule has 0 bridgehead atoms. The van der Waals surface area contributed by atoms with Gasteiger partial charge >= 0.3 is 0 Å². The van der Waals surface area contributed by atoms with Gasteiger partial charge in [-0.15, -0.1) is 0 Å². The molecule has 1 saturated heterocycles. The predicted molar refractivity (Wildman–Crippen MR) is 81.5 cm³/mol. The average molecular weight is 319 g/mol. The van der Waals surface area contributed by atoms with E-state index in [-0.39, 0.29) is 30.0 Å². The average Bonchev–Trinajstić information content (AvgIpc) is 3.21. The highest BCUT2D eigenvalue weighted by Gasteiger charge is 2.31. The first-order valence-corrected chi connectivity index (χ1v) is 8.03. The molecule has 23 heavy (non-hydrogen) atoms. The van der Waals surface area contributed by atoms with Crippen molar-refractivity contribution in [3.63, 3.8) is 0 Å². The van der Waals surface area contributed by atoms with E-state index in [1.807, 2.05) is 0 Å². The molecule has 1 unspecified atom stereocenters. The maximum absolute atomic E-state index is 12.2. The highest BCUT2D eigenvalue weighted by molar-refractivity contribution is 5.94. The molecule has 7 heteroatoms. The first kappa shape index (κ1) is 15.6. The second-order valence-electron chi connectivity index (χ2n) is 6.12. The van der Waals surface area contributed by atoms with Crippen LogP contribution in [-0.2, 0) is 9.59 Å². The summed E-state index contributed by atoms with van der Waals surface area (Å²) in [5, 5.41) is 5.54. The Morgan fingerprint density at radius 3 is 2.78 bits per heavy atom.